The molecule has 1 unspecified atom stereocenters. The highest BCUT2D eigenvalue weighted by Gasteiger charge is 2.15. The van der Waals surface area contributed by atoms with Crippen molar-refractivity contribution in [1.82, 2.24) is 0 Å². The molecule has 2 rings (SSSR count). The van der Waals surface area contributed by atoms with Gasteiger partial charge in [0.25, 0.3) is 0 Å². The van der Waals surface area contributed by atoms with Crippen LogP contribution in [0.1, 0.15) is 12.8 Å². The number of hydrogen-bond donors (Lipinski definition) is 2. The lowest BCUT2D eigenvalue weighted by atomic mass is 10.1. The van der Waals surface area contributed by atoms with Gasteiger partial charge in [-0.1, -0.05) is 0 Å². The Morgan fingerprint density at radius 3 is 2.94 bits per heavy atom. The number of nitrogens with two attached hydrogens (primary N) is 1. The van der Waals surface area contributed by atoms with Crippen LogP contribution in [0.25, 0.3) is 0 Å². The van der Waals surface area contributed by atoms with Crippen LogP contribution in [0, 0.1) is 17.6 Å². The van der Waals surface area contributed by atoms with Crippen LogP contribution in [0.2, 0.25) is 0 Å². The van der Waals surface area contributed by atoms with Crippen LogP contribution in [0.5, 0.6) is 0 Å². The lowest BCUT2D eigenvalue weighted by Crippen LogP contribution is -2.11. The summed E-state index contributed by atoms with van der Waals surface area (Å²) in [6.45, 7) is 2.22. The minimum Gasteiger partial charge on any atom is -0.395 e. The van der Waals surface area contributed by atoms with Crippen molar-refractivity contribution in [2.24, 2.45) is 5.92 Å². The Hall–Kier alpha value is -1.36. The van der Waals surface area contributed by atoms with Gasteiger partial charge < -0.3 is 15.8 Å². The standard InChI is InChI=1S/C12H16F2N2O/c13-9-5-10(14)12(15)11(6-9)16-3-1-8-2-4-17-7-8/h5-6,8,16H,1-4,7,15H2. The topological polar surface area (TPSA) is 47.3 Å². The van der Waals surface area contributed by atoms with E-state index in [0.29, 0.717) is 18.2 Å². The summed E-state index contributed by atoms with van der Waals surface area (Å²) in [5.74, 6) is -0.817. The van der Waals surface area contributed by atoms with Gasteiger partial charge >= 0.3 is 0 Å². The molecule has 1 aliphatic heterocycles. The van der Waals surface area contributed by atoms with Gasteiger partial charge in [-0.05, 0) is 24.8 Å². The molecule has 0 saturated carbocycles. The molecule has 5 heteroatoms. The van der Waals surface area contributed by atoms with E-state index in [4.69, 9.17) is 10.5 Å². The van der Waals surface area contributed by atoms with Crippen LogP contribution < -0.4 is 11.1 Å². The van der Waals surface area contributed by atoms with Crippen molar-refractivity contribution >= 4 is 11.4 Å². The van der Waals surface area contributed by atoms with Gasteiger partial charge in [0.05, 0.1) is 11.4 Å². The third-order valence-electron chi connectivity index (χ3n) is 2.99. The molecule has 1 aromatic rings. The summed E-state index contributed by atoms with van der Waals surface area (Å²) in [6.07, 6.45) is 1.96. The minimum atomic E-state index is -0.725. The maximum Gasteiger partial charge on any atom is 0.151 e. The second kappa shape index (κ2) is 5.31. The van der Waals surface area contributed by atoms with Crippen molar-refractivity contribution in [2.45, 2.75) is 12.8 Å². The zero-order chi connectivity index (χ0) is 12.3. The minimum absolute atomic E-state index is 0.0333. The van der Waals surface area contributed by atoms with Gasteiger partial charge in [0.1, 0.15) is 5.82 Å². The number of hydrogen-bond acceptors (Lipinski definition) is 3. The van der Waals surface area contributed by atoms with Crippen molar-refractivity contribution in [2.75, 3.05) is 30.8 Å². The predicted molar refractivity (Wildman–Crippen MR) is 62.8 cm³/mol. The molecule has 1 heterocycles. The van der Waals surface area contributed by atoms with Gasteiger partial charge in [0, 0.05) is 25.8 Å². The summed E-state index contributed by atoms with van der Waals surface area (Å²) in [5, 5.41) is 2.96. The first-order valence-electron chi connectivity index (χ1n) is 5.73. The van der Waals surface area contributed by atoms with Crippen LogP contribution in [-0.2, 0) is 4.74 Å². The van der Waals surface area contributed by atoms with Crippen molar-refractivity contribution in [3.05, 3.63) is 23.8 Å². The summed E-state index contributed by atoms with van der Waals surface area (Å²) in [7, 11) is 0. The maximum absolute atomic E-state index is 13.1. The third-order valence-corrected chi connectivity index (χ3v) is 2.99. The molecule has 1 fully saturated rings. The molecule has 17 heavy (non-hydrogen) atoms. The fourth-order valence-electron chi connectivity index (χ4n) is 1.95. The molecule has 1 aromatic carbocycles. The Morgan fingerprint density at radius 2 is 2.24 bits per heavy atom. The summed E-state index contributed by atoms with van der Waals surface area (Å²) in [5.41, 5.74) is 5.80. The highest BCUT2D eigenvalue weighted by Crippen LogP contribution is 2.24. The molecular weight excluding hydrogens is 226 g/mol. The van der Waals surface area contributed by atoms with E-state index in [-0.39, 0.29) is 5.69 Å². The smallest absolute Gasteiger partial charge is 0.151 e. The molecule has 3 N–H and O–H groups in total. The van der Waals surface area contributed by atoms with Gasteiger partial charge in [0.2, 0.25) is 0 Å². The molecule has 3 nitrogen and oxygen atoms in total. The van der Waals surface area contributed by atoms with E-state index in [1.807, 2.05) is 0 Å². The summed E-state index contributed by atoms with van der Waals surface area (Å²) >= 11 is 0. The zero-order valence-electron chi connectivity index (χ0n) is 9.51. The second-order valence-electron chi connectivity index (χ2n) is 4.29. The SMILES string of the molecule is Nc1c(F)cc(F)cc1NCCC1CCOC1. The molecule has 0 aromatic heterocycles. The van der Waals surface area contributed by atoms with Crippen LogP contribution in [0.3, 0.4) is 0 Å². The highest BCUT2D eigenvalue weighted by molar-refractivity contribution is 5.66. The van der Waals surface area contributed by atoms with Crippen LogP contribution in [-0.4, -0.2) is 19.8 Å². The van der Waals surface area contributed by atoms with E-state index in [1.54, 1.807) is 0 Å². The molecular formula is C12H16F2N2O. The van der Waals surface area contributed by atoms with Gasteiger partial charge in [0.15, 0.2) is 5.82 Å². The molecule has 94 valence electrons. The normalized spacial score (nSPS) is 19.5. The average Bonchev–Trinajstić information content (AvgIpc) is 2.78. The summed E-state index contributed by atoms with van der Waals surface area (Å²) < 4.78 is 31.4. The first-order chi connectivity index (χ1) is 8.16. The number of nitrogen functional groups attached to an aromatic ring is 1. The molecule has 0 radical (unpaired) electrons. The lowest BCUT2D eigenvalue weighted by molar-refractivity contribution is 0.185. The molecule has 1 aliphatic rings. The Balaban J connectivity index is 1.89. The van der Waals surface area contributed by atoms with E-state index in [9.17, 15) is 8.78 Å². The quantitative estimate of drug-likeness (QED) is 0.797. The van der Waals surface area contributed by atoms with Gasteiger partial charge in [-0.25, -0.2) is 8.78 Å². The Kier molecular flexibility index (Phi) is 3.78. The largest absolute Gasteiger partial charge is 0.395 e. The van der Waals surface area contributed by atoms with Gasteiger partial charge in [-0.15, -0.1) is 0 Å². The molecule has 1 atom stereocenters. The van der Waals surface area contributed by atoms with E-state index in [2.05, 4.69) is 5.32 Å². The number of rotatable bonds is 4. The summed E-state index contributed by atoms with van der Waals surface area (Å²) in [4.78, 5) is 0. The van der Waals surface area contributed by atoms with E-state index in [1.165, 1.54) is 6.07 Å². The zero-order valence-corrected chi connectivity index (χ0v) is 9.51. The highest BCUT2D eigenvalue weighted by atomic mass is 19.1. The predicted octanol–water partition coefficient (Wildman–Crippen LogP) is 2.39. The van der Waals surface area contributed by atoms with E-state index < -0.39 is 11.6 Å². The average molecular weight is 242 g/mol. The van der Waals surface area contributed by atoms with Gasteiger partial charge in [-0.3, -0.25) is 0 Å². The fourth-order valence-corrected chi connectivity index (χ4v) is 1.95. The van der Waals surface area contributed by atoms with Crippen molar-refractivity contribution in [3.8, 4) is 0 Å². The first-order valence-corrected chi connectivity index (χ1v) is 5.73. The molecule has 1 saturated heterocycles. The summed E-state index contributed by atoms with van der Waals surface area (Å²) in [6, 6.07) is 1.99. The van der Waals surface area contributed by atoms with Crippen molar-refractivity contribution in [3.63, 3.8) is 0 Å². The Labute approximate surface area is 98.9 Å². The lowest BCUT2D eigenvalue weighted by Gasteiger charge is -2.12. The van der Waals surface area contributed by atoms with Crippen LogP contribution in [0.15, 0.2) is 12.1 Å². The molecule has 0 aliphatic carbocycles. The Bertz CT molecular complexity index is 392. The maximum atomic E-state index is 13.1. The Morgan fingerprint density at radius 1 is 1.41 bits per heavy atom. The van der Waals surface area contributed by atoms with E-state index >= 15 is 0 Å². The van der Waals surface area contributed by atoms with Crippen LogP contribution >= 0.6 is 0 Å². The fraction of sp³-hybridized carbons (Fsp3) is 0.500. The second-order valence-corrected chi connectivity index (χ2v) is 4.29. The molecule has 0 amide bonds. The number of ether oxygens (including phenoxy) is 1. The first kappa shape index (κ1) is 12.1. The number of nitrogens with one attached hydrogen (secondary N) is 1. The molecule has 0 spiro atoms. The van der Waals surface area contributed by atoms with Crippen molar-refractivity contribution < 1.29 is 13.5 Å². The number of halogens is 2. The number of anilines is 2. The third kappa shape index (κ3) is 3.06. The molecule has 0 bridgehead atoms. The van der Waals surface area contributed by atoms with E-state index in [0.717, 1.165) is 32.1 Å². The van der Waals surface area contributed by atoms with Gasteiger partial charge in [-0.2, -0.15) is 0 Å². The number of benzene rings is 1. The van der Waals surface area contributed by atoms with Crippen molar-refractivity contribution in [1.29, 1.82) is 0 Å². The van der Waals surface area contributed by atoms with Crippen LogP contribution in [0.4, 0.5) is 20.2 Å². The monoisotopic (exact) mass is 242 g/mol.